The number of ether oxygens (including phenoxy) is 1. The maximum atomic E-state index is 11.8. The van der Waals surface area contributed by atoms with Crippen LogP contribution in [0.15, 0.2) is 22.8 Å². The highest BCUT2D eigenvalue weighted by atomic mass is 19.4. The van der Waals surface area contributed by atoms with E-state index in [1.165, 1.54) is 25.3 Å². The normalized spacial score (nSPS) is 12.8. The molecule has 0 aliphatic carbocycles. The molecular formula is C12H15F3N2O4. The van der Waals surface area contributed by atoms with Gasteiger partial charge in [0.1, 0.15) is 12.6 Å². The third kappa shape index (κ3) is 6.80. The van der Waals surface area contributed by atoms with Crippen LogP contribution in [0.1, 0.15) is 17.5 Å². The van der Waals surface area contributed by atoms with Gasteiger partial charge in [-0.2, -0.15) is 13.2 Å². The van der Waals surface area contributed by atoms with E-state index in [0.29, 0.717) is 0 Å². The van der Waals surface area contributed by atoms with Gasteiger partial charge in [0.25, 0.3) is 5.91 Å². The maximum absolute atomic E-state index is 11.8. The second kappa shape index (κ2) is 7.67. The largest absolute Gasteiger partial charge is 0.459 e. The Hall–Kier alpha value is -2.03. The summed E-state index contributed by atoms with van der Waals surface area (Å²) >= 11 is 0. The van der Waals surface area contributed by atoms with Gasteiger partial charge in [0.2, 0.25) is 5.91 Å². The summed E-state index contributed by atoms with van der Waals surface area (Å²) in [5, 5.41) is 4.72. The topological polar surface area (TPSA) is 80.6 Å². The minimum absolute atomic E-state index is 0.0585. The molecule has 0 saturated carbocycles. The molecule has 6 nitrogen and oxygen atoms in total. The number of alkyl halides is 3. The van der Waals surface area contributed by atoms with Gasteiger partial charge in [-0.25, -0.2) is 0 Å². The quantitative estimate of drug-likeness (QED) is 0.739. The molecule has 0 bridgehead atoms. The van der Waals surface area contributed by atoms with Gasteiger partial charge in [0.05, 0.1) is 12.9 Å². The number of carbonyl (C=O) groups excluding carboxylic acids is 2. The molecule has 2 amide bonds. The molecule has 0 fully saturated rings. The fraction of sp³-hybridized carbons (Fsp3) is 0.500. The van der Waals surface area contributed by atoms with Gasteiger partial charge in [0, 0.05) is 6.54 Å². The fourth-order valence-corrected chi connectivity index (χ4v) is 1.33. The zero-order valence-corrected chi connectivity index (χ0v) is 11.2. The molecular weight excluding hydrogens is 293 g/mol. The van der Waals surface area contributed by atoms with Gasteiger partial charge in [0.15, 0.2) is 5.76 Å². The number of hydrogen-bond acceptors (Lipinski definition) is 4. The Morgan fingerprint density at radius 1 is 1.43 bits per heavy atom. The first-order chi connectivity index (χ1) is 9.79. The number of amides is 2. The van der Waals surface area contributed by atoms with Gasteiger partial charge in [-0.1, -0.05) is 0 Å². The van der Waals surface area contributed by atoms with Gasteiger partial charge >= 0.3 is 6.18 Å². The Bertz CT molecular complexity index is 460. The summed E-state index contributed by atoms with van der Waals surface area (Å²) in [6.45, 7) is -0.291. The van der Waals surface area contributed by atoms with Crippen molar-refractivity contribution in [2.24, 2.45) is 0 Å². The van der Waals surface area contributed by atoms with Crippen molar-refractivity contribution >= 4 is 11.8 Å². The van der Waals surface area contributed by atoms with Crippen molar-refractivity contribution in [2.45, 2.75) is 19.1 Å². The number of furan rings is 1. The fourth-order valence-electron chi connectivity index (χ4n) is 1.33. The van der Waals surface area contributed by atoms with E-state index in [1.54, 1.807) is 0 Å². The summed E-state index contributed by atoms with van der Waals surface area (Å²) in [6, 6.07) is 2.10. The molecule has 1 aromatic heterocycles. The Balaban J connectivity index is 2.21. The molecule has 0 radical (unpaired) electrons. The lowest BCUT2D eigenvalue weighted by molar-refractivity contribution is -0.173. The summed E-state index contributed by atoms with van der Waals surface area (Å²) in [7, 11) is 0. The van der Waals surface area contributed by atoms with E-state index in [2.05, 4.69) is 15.4 Å². The highest BCUT2D eigenvalue weighted by Crippen LogP contribution is 2.13. The van der Waals surface area contributed by atoms with Gasteiger partial charge in [-0.15, -0.1) is 0 Å². The monoisotopic (exact) mass is 308 g/mol. The van der Waals surface area contributed by atoms with Gasteiger partial charge < -0.3 is 19.8 Å². The van der Waals surface area contributed by atoms with Crippen LogP contribution in [0.2, 0.25) is 0 Å². The van der Waals surface area contributed by atoms with E-state index < -0.39 is 30.6 Å². The lowest BCUT2D eigenvalue weighted by atomic mass is 10.3. The summed E-state index contributed by atoms with van der Waals surface area (Å²) in [5.41, 5.74) is 0. The van der Waals surface area contributed by atoms with E-state index in [4.69, 9.17) is 4.42 Å². The van der Waals surface area contributed by atoms with Gasteiger partial charge in [-0.05, 0) is 19.1 Å². The lowest BCUT2D eigenvalue weighted by Crippen LogP contribution is -2.45. The summed E-state index contributed by atoms with van der Waals surface area (Å²) in [6.07, 6.45) is -3.08. The van der Waals surface area contributed by atoms with Gasteiger partial charge in [-0.3, -0.25) is 9.59 Å². The number of hydrogen-bond donors (Lipinski definition) is 2. The molecule has 2 N–H and O–H groups in total. The number of rotatable bonds is 7. The zero-order valence-electron chi connectivity index (χ0n) is 11.2. The molecule has 1 rings (SSSR count). The third-order valence-electron chi connectivity index (χ3n) is 2.30. The van der Waals surface area contributed by atoms with Crippen molar-refractivity contribution in [3.63, 3.8) is 0 Å². The van der Waals surface area contributed by atoms with Crippen molar-refractivity contribution in [3.8, 4) is 0 Å². The SMILES string of the molecule is CC(NC(=O)c1ccco1)C(=O)NCCOCC(F)(F)F. The van der Waals surface area contributed by atoms with Crippen LogP contribution in [0.3, 0.4) is 0 Å². The van der Waals surface area contributed by atoms with Crippen molar-refractivity contribution in [3.05, 3.63) is 24.2 Å². The molecule has 0 aliphatic rings. The molecule has 118 valence electrons. The molecule has 0 saturated heterocycles. The molecule has 21 heavy (non-hydrogen) atoms. The maximum Gasteiger partial charge on any atom is 0.411 e. The van der Waals surface area contributed by atoms with Crippen LogP contribution in [0.5, 0.6) is 0 Å². The minimum Gasteiger partial charge on any atom is -0.459 e. The molecule has 0 aliphatic heterocycles. The Morgan fingerprint density at radius 2 is 2.14 bits per heavy atom. The average Bonchev–Trinajstić information content (AvgIpc) is 2.90. The molecule has 0 spiro atoms. The van der Waals surface area contributed by atoms with E-state index >= 15 is 0 Å². The van der Waals surface area contributed by atoms with E-state index in [9.17, 15) is 22.8 Å². The first-order valence-electron chi connectivity index (χ1n) is 6.06. The van der Waals surface area contributed by atoms with Crippen LogP contribution in [-0.4, -0.2) is 43.8 Å². The van der Waals surface area contributed by atoms with Crippen molar-refractivity contribution in [2.75, 3.05) is 19.8 Å². The van der Waals surface area contributed by atoms with Crippen LogP contribution < -0.4 is 10.6 Å². The molecule has 1 aromatic rings. The van der Waals surface area contributed by atoms with Crippen LogP contribution in [0, 0.1) is 0 Å². The predicted octanol–water partition coefficient (Wildman–Crippen LogP) is 1.09. The summed E-state index contributed by atoms with van der Waals surface area (Å²) < 4.78 is 44.5. The predicted molar refractivity (Wildman–Crippen MR) is 65.5 cm³/mol. The van der Waals surface area contributed by atoms with Crippen LogP contribution in [-0.2, 0) is 9.53 Å². The van der Waals surface area contributed by atoms with E-state index in [0.717, 1.165) is 0 Å². The average molecular weight is 308 g/mol. The Kier molecular flexibility index (Phi) is 6.22. The second-order valence-corrected chi connectivity index (χ2v) is 4.13. The third-order valence-corrected chi connectivity index (χ3v) is 2.30. The first kappa shape index (κ1) is 17.0. The standard InChI is InChI=1S/C12H15F3N2O4/c1-8(17-11(19)9-3-2-5-21-9)10(18)16-4-6-20-7-12(13,14)15/h2-3,5,8H,4,6-7H2,1H3,(H,16,18)(H,17,19). The van der Waals surface area contributed by atoms with Crippen molar-refractivity contribution in [1.29, 1.82) is 0 Å². The van der Waals surface area contributed by atoms with Crippen LogP contribution in [0.4, 0.5) is 13.2 Å². The Labute approximate surface area is 118 Å². The lowest BCUT2D eigenvalue weighted by Gasteiger charge is -2.13. The van der Waals surface area contributed by atoms with E-state index in [1.807, 2.05) is 0 Å². The molecule has 0 aromatic carbocycles. The smallest absolute Gasteiger partial charge is 0.411 e. The van der Waals surface area contributed by atoms with Crippen molar-refractivity contribution < 1.29 is 31.9 Å². The summed E-state index contributed by atoms with van der Waals surface area (Å²) in [5.74, 6) is -1.04. The van der Waals surface area contributed by atoms with E-state index in [-0.39, 0.29) is 18.9 Å². The molecule has 1 unspecified atom stereocenters. The van der Waals surface area contributed by atoms with Crippen LogP contribution in [0.25, 0.3) is 0 Å². The second-order valence-electron chi connectivity index (χ2n) is 4.13. The Morgan fingerprint density at radius 3 is 2.71 bits per heavy atom. The number of nitrogens with one attached hydrogen (secondary N) is 2. The first-order valence-corrected chi connectivity index (χ1v) is 6.06. The van der Waals surface area contributed by atoms with Crippen LogP contribution >= 0.6 is 0 Å². The highest BCUT2D eigenvalue weighted by Gasteiger charge is 2.27. The number of carbonyl (C=O) groups is 2. The summed E-state index contributed by atoms with van der Waals surface area (Å²) in [4.78, 5) is 23.1. The highest BCUT2D eigenvalue weighted by molar-refractivity contribution is 5.95. The molecule has 1 atom stereocenters. The minimum atomic E-state index is -4.39. The zero-order chi connectivity index (χ0) is 15.9. The molecule has 1 heterocycles. The molecule has 9 heteroatoms. The number of halogens is 3. The van der Waals surface area contributed by atoms with Crippen molar-refractivity contribution in [1.82, 2.24) is 10.6 Å².